The number of halogens is 2. The lowest BCUT2D eigenvalue weighted by atomic mass is 10.0. The third-order valence-corrected chi connectivity index (χ3v) is 6.69. The number of nitrogens with zero attached hydrogens (tertiary/aromatic N) is 4. The zero-order chi connectivity index (χ0) is 29.2. The van der Waals surface area contributed by atoms with E-state index >= 15 is 0 Å². The number of carbonyl (C=O) groups excluding carboxylic acids is 1. The Morgan fingerprint density at radius 1 is 1.05 bits per heavy atom. The summed E-state index contributed by atoms with van der Waals surface area (Å²) < 4.78 is 51.0. The van der Waals surface area contributed by atoms with Crippen molar-refractivity contribution >= 4 is 5.91 Å². The zero-order valence-electron chi connectivity index (χ0n) is 23.3. The number of aryl methyl sites for hydroxylation is 1. The van der Waals surface area contributed by atoms with Crippen molar-refractivity contribution in [2.45, 2.75) is 25.1 Å². The summed E-state index contributed by atoms with van der Waals surface area (Å²) in [6.45, 7) is 2.34. The number of aliphatic hydroxyl groups is 1. The summed E-state index contributed by atoms with van der Waals surface area (Å²) in [5, 5.41) is 15.8. The molecule has 0 radical (unpaired) electrons. The van der Waals surface area contributed by atoms with Gasteiger partial charge in [-0.05, 0) is 35.9 Å². The number of rotatable bonds is 13. The van der Waals surface area contributed by atoms with Gasteiger partial charge in [0.15, 0.2) is 23.1 Å². The Bertz CT molecular complexity index is 1280. The van der Waals surface area contributed by atoms with Gasteiger partial charge in [0.2, 0.25) is 5.91 Å². The maximum atomic E-state index is 13.7. The molecule has 4 rings (SSSR count). The van der Waals surface area contributed by atoms with Crippen molar-refractivity contribution in [1.29, 1.82) is 0 Å². The van der Waals surface area contributed by atoms with Crippen molar-refractivity contribution in [3.63, 3.8) is 0 Å². The van der Waals surface area contributed by atoms with Gasteiger partial charge in [0.05, 0.1) is 20.3 Å². The van der Waals surface area contributed by atoms with E-state index in [-0.39, 0.29) is 38.0 Å². The highest BCUT2D eigenvalue weighted by molar-refractivity contribution is 5.77. The molecule has 1 atom stereocenters. The molecule has 3 aromatic rings. The van der Waals surface area contributed by atoms with Gasteiger partial charge < -0.3 is 29.0 Å². The van der Waals surface area contributed by atoms with Crippen LogP contribution in [0.25, 0.3) is 0 Å². The second-order valence-electron chi connectivity index (χ2n) is 10.0. The minimum Gasteiger partial charge on any atom is -0.493 e. The van der Waals surface area contributed by atoms with E-state index < -0.39 is 17.2 Å². The molecule has 1 aliphatic heterocycles. The molecular weight excluding hydrogens is 538 g/mol. The average Bonchev–Trinajstić information content (AvgIpc) is 3.42. The SMILES string of the molecule is COCC(=O)N1CCN(Cc2ccc(OCCCn3cccn3)c(OC)c2)CC(O)(COc2ccc(F)c(F)c2)C1. The summed E-state index contributed by atoms with van der Waals surface area (Å²) in [4.78, 5) is 16.2. The number of aromatic nitrogens is 2. The summed E-state index contributed by atoms with van der Waals surface area (Å²) in [7, 11) is 3.01. The summed E-state index contributed by atoms with van der Waals surface area (Å²) in [5.74, 6) is -1.02. The summed E-state index contributed by atoms with van der Waals surface area (Å²) in [6, 6.07) is 10.7. The van der Waals surface area contributed by atoms with Gasteiger partial charge in [0.1, 0.15) is 24.6 Å². The van der Waals surface area contributed by atoms with E-state index in [2.05, 4.69) is 5.10 Å². The topological polar surface area (TPSA) is 98.5 Å². The highest BCUT2D eigenvalue weighted by atomic mass is 19.2. The van der Waals surface area contributed by atoms with E-state index in [9.17, 15) is 18.7 Å². The van der Waals surface area contributed by atoms with E-state index in [1.54, 1.807) is 13.3 Å². The average molecular weight is 575 g/mol. The van der Waals surface area contributed by atoms with Crippen LogP contribution in [0.4, 0.5) is 8.78 Å². The van der Waals surface area contributed by atoms with E-state index in [0.29, 0.717) is 37.7 Å². The molecule has 0 aliphatic carbocycles. The van der Waals surface area contributed by atoms with Crippen molar-refractivity contribution in [2.75, 3.05) is 60.2 Å². The Hall–Kier alpha value is -3.74. The largest absolute Gasteiger partial charge is 0.493 e. The third kappa shape index (κ3) is 8.62. The maximum absolute atomic E-state index is 13.7. The standard InChI is InChI=1S/C29H36F2N4O6/c1-38-18-28(36)34-13-12-33(19-29(37,20-34)21-41-23-6-7-24(30)25(31)16-23)17-22-5-8-26(27(15-22)39-2)40-14-4-11-35-10-3-9-32-35/h3,5-10,15-16,37H,4,11-14,17-21H2,1-2H3. The molecule has 0 saturated carbocycles. The first-order valence-corrected chi connectivity index (χ1v) is 13.3. The predicted molar refractivity (Wildman–Crippen MR) is 146 cm³/mol. The molecule has 2 heterocycles. The fourth-order valence-electron chi connectivity index (χ4n) is 4.71. The normalized spacial score (nSPS) is 17.7. The van der Waals surface area contributed by atoms with Gasteiger partial charge in [-0.1, -0.05) is 6.07 Å². The number of methoxy groups -OCH3 is 2. The van der Waals surface area contributed by atoms with Crippen LogP contribution < -0.4 is 14.2 Å². The van der Waals surface area contributed by atoms with Gasteiger partial charge >= 0.3 is 0 Å². The first-order valence-electron chi connectivity index (χ1n) is 13.3. The van der Waals surface area contributed by atoms with Crippen LogP contribution in [0.3, 0.4) is 0 Å². The van der Waals surface area contributed by atoms with Gasteiger partial charge in [0, 0.05) is 64.7 Å². The maximum Gasteiger partial charge on any atom is 0.248 e. The number of hydrogen-bond donors (Lipinski definition) is 1. The lowest BCUT2D eigenvalue weighted by molar-refractivity contribution is -0.138. The molecular formula is C29H36F2N4O6. The fourth-order valence-corrected chi connectivity index (χ4v) is 4.71. The number of ether oxygens (including phenoxy) is 4. The lowest BCUT2D eigenvalue weighted by Crippen LogP contribution is -2.52. The van der Waals surface area contributed by atoms with Crippen LogP contribution in [0.5, 0.6) is 17.2 Å². The first kappa shape index (κ1) is 30.2. The molecule has 0 spiro atoms. The van der Waals surface area contributed by atoms with Gasteiger partial charge in [0.25, 0.3) is 0 Å². The van der Waals surface area contributed by atoms with Crippen molar-refractivity contribution in [2.24, 2.45) is 0 Å². The van der Waals surface area contributed by atoms with Crippen molar-refractivity contribution < 1.29 is 37.6 Å². The van der Waals surface area contributed by atoms with Crippen molar-refractivity contribution in [1.82, 2.24) is 19.6 Å². The molecule has 1 fully saturated rings. The van der Waals surface area contributed by atoms with E-state index in [4.69, 9.17) is 18.9 Å². The first-order chi connectivity index (χ1) is 19.8. The van der Waals surface area contributed by atoms with Crippen LogP contribution >= 0.6 is 0 Å². The van der Waals surface area contributed by atoms with E-state index in [1.807, 2.05) is 40.0 Å². The quantitative estimate of drug-likeness (QED) is 0.312. The smallest absolute Gasteiger partial charge is 0.248 e. The zero-order valence-corrected chi connectivity index (χ0v) is 23.3. The van der Waals surface area contributed by atoms with Crippen LogP contribution in [0.1, 0.15) is 12.0 Å². The lowest BCUT2D eigenvalue weighted by Gasteiger charge is -2.33. The van der Waals surface area contributed by atoms with Gasteiger partial charge in [-0.3, -0.25) is 14.4 Å². The Morgan fingerprint density at radius 3 is 2.63 bits per heavy atom. The molecule has 1 aromatic heterocycles. The summed E-state index contributed by atoms with van der Waals surface area (Å²) in [6.07, 6.45) is 4.42. The van der Waals surface area contributed by atoms with Crippen LogP contribution in [0, 0.1) is 11.6 Å². The molecule has 1 unspecified atom stereocenters. The third-order valence-electron chi connectivity index (χ3n) is 6.69. The molecule has 10 nitrogen and oxygen atoms in total. The van der Waals surface area contributed by atoms with Gasteiger partial charge in [-0.2, -0.15) is 5.10 Å². The highest BCUT2D eigenvalue weighted by Crippen LogP contribution is 2.29. The Kier molecular flexibility index (Phi) is 10.5. The van der Waals surface area contributed by atoms with Crippen LogP contribution in [0.2, 0.25) is 0 Å². The molecule has 0 bridgehead atoms. The molecule has 41 heavy (non-hydrogen) atoms. The fraction of sp³-hybridized carbons (Fsp3) is 0.448. The molecule has 1 aliphatic rings. The van der Waals surface area contributed by atoms with E-state index in [0.717, 1.165) is 30.7 Å². The second-order valence-corrected chi connectivity index (χ2v) is 10.0. The molecule has 12 heteroatoms. The van der Waals surface area contributed by atoms with Gasteiger partial charge in [-0.25, -0.2) is 8.78 Å². The second kappa shape index (κ2) is 14.2. The van der Waals surface area contributed by atoms with E-state index in [1.165, 1.54) is 18.1 Å². The number of carbonyl (C=O) groups is 1. The summed E-state index contributed by atoms with van der Waals surface area (Å²) >= 11 is 0. The van der Waals surface area contributed by atoms with Crippen LogP contribution in [0.15, 0.2) is 54.9 Å². The minimum atomic E-state index is -1.49. The molecule has 2 aromatic carbocycles. The predicted octanol–water partition coefficient (Wildman–Crippen LogP) is 2.74. The number of hydrogen-bond acceptors (Lipinski definition) is 8. The van der Waals surface area contributed by atoms with Crippen molar-refractivity contribution in [3.8, 4) is 17.2 Å². The Morgan fingerprint density at radius 2 is 1.90 bits per heavy atom. The summed E-state index contributed by atoms with van der Waals surface area (Å²) in [5.41, 5.74) is -0.571. The monoisotopic (exact) mass is 574 g/mol. The van der Waals surface area contributed by atoms with Crippen LogP contribution in [-0.2, 0) is 22.6 Å². The highest BCUT2D eigenvalue weighted by Gasteiger charge is 2.37. The molecule has 1 amide bonds. The number of benzene rings is 2. The minimum absolute atomic E-state index is 0.00992. The molecule has 222 valence electrons. The molecule has 1 saturated heterocycles. The number of amides is 1. The Labute approximate surface area is 238 Å². The Balaban J connectivity index is 1.42. The van der Waals surface area contributed by atoms with Crippen molar-refractivity contribution in [3.05, 3.63) is 72.1 Å². The molecule has 1 N–H and O–H groups in total. The van der Waals surface area contributed by atoms with Gasteiger partial charge in [-0.15, -0.1) is 0 Å². The number of β-amino-alcohol motifs (C(OH)–C–C–N with tert-alkyl or cyclic N) is 1. The van der Waals surface area contributed by atoms with Crippen LogP contribution in [-0.4, -0.2) is 96.4 Å².